The van der Waals surface area contributed by atoms with Gasteiger partial charge in [-0.2, -0.15) is 0 Å². The third-order valence-electron chi connectivity index (χ3n) is 1.80. The van der Waals surface area contributed by atoms with Crippen LogP contribution in [0.1, 0.15) is 12.5 Å². The molecule has 0 bridgehead atoms. The highest BCUT2D eigenvalue weighted by Gasteiger charge is 2.15. The number of hydrogen-bond acceptors (Lipinski definition) is 2. The molecule has 0 saturated carbocycles. The van der Waals surface area contributed by atoms with E-state index in [1.807, 2.05) is 6.92 Å². The minimum atomic E-state index is -3.18. The first-order chi connectivity index (χ1) is 5.97. The van der Waals surface area contributed by atoms with E-state index in [0.717, 1.165) is 5.56 Å². The van der Waals surface area contributed by atoms with Gasteiger partial charge < -0.3 is 0 Å². The standard InChI is InChI=1S/C9H11ClO2S/c1-3-13(11,12)9-6-7(2)4-5-8(9)10/h4-6H,3H2,1-2H3. The van der Waals surface area contributed by atoms with Crippen LogP contribution in [0.5, 0.6) is 0 Å². The van der Waals surface area contributed by atoms with Gasteiger partial charge in [-0.3, -0.25) is 0 Å². The van der Waals surface area contributed by atoms with Crippen molar-refractivity contribution in [1.29, 1.82) is 0 Å². The van der Waals surface area contributed by atoms with Crippen molar-refractivity contribution >= 4 is 21.4 Å². The second-order valence-corrected chi connectivity index (χ2v) is 5.49. The van der Waals surface area contributed by atoms with Crippen LogP contribution in [-0.4, -0.2) is 14.2 Å². The van der Waals surface area contributed by atoms with Crippen molar-refractivity contribution in [3.8, 4) is 0 Å². The van der Waals surface area contributed by atoms with Gasteiger partial charge in [0.1, 0.15) is 0 Å². The summed E-state index contributed by atoms with van der Waals surface area (Å²) >= 11 is 5.78. The first-order valence-electron chi connectivity index (χ1n) is 3.96. The summed E-state index contributed by atoms with van der Waals surface area (Å²) in [6.07, 6.45) is 0. The largest absolute Gasteiger partial charge is 0.224 e. The molecule has 72 valence electrons. The van der Waals surface area contributed by atoms with E-state index in [2.05, 4.69) is 0 Å². The Hall–Kier alpha value is -0.540. The molecule has 0 aliphatic heterocycles. The SMILES string of the molecule is CCS(=O)(=O)c1cc(C)ccc1Cl. The average Bonchev–Trinajstić information content (AvgIpc) is 2.09. The third-order valence-corrected chi connectivity index (χ3v) is 4.01. The lowest BCUT2D eigenvalue weighted by Crippen LogP contribution is -2.04. The number of rotatable bonds is 2. The molecule has 1 rings (SSSR count). The summed E-state index contributed by atoms with van der Waals surface area (Å²) in [5, 5.41) is 0.299. The van der Waals surface area contributed by atoms with E-state index in [9.17, 15) is 8.42 Å². The molecule has 0 spiro atoms. The van der Waals surface area contributed by atoms with Gasteiger partial charge in [0.25, 0.3) is 0 Å². The van der Waals surface area contributed by atoms with Gasteiger partial charge in [-0.05, 0) is 24.6 Å². The molecule has 0 heterocycles. The van der Waals surface area contributed by atoms with E-state index in [1.165, 1.54) is 0 Å². The van der Waals surface area contributed by atoms with Crippen molar-refractivity contribution in [3.05, 3.63) is 28.8 Å². The highest BCUT2D eigenvalue weighted by molar-refractivity contribution is 7.91. The van der Waals surface area contributed by atoms with Crippen LogP contribution in [0.25, 0.3) is 0 Å². The lowest BCUT2D eigenvalue weighted by atomic mass is 10.2. The molecule has 1 aromatic rings. The van der Waals surface area contributed by atoms with Gasteiger partial charge in [-0.1, -0.05) is 24.6 Å². The minimum Gasteiger partial charge on any atom is -0.224 e. The lowest BCUT2D eigenvalue weighted by Gasteiger charge is -2.04. The van der Waals surface area contributed by atoms with E-state index in [1.54, 1.807) is 25.1 Å². The smallest absolute Gasteiger partial charge is 0.179 e. The summed E-state index contributed by atoms with van der Waals surface area (Å²) in [6.45, 7) is 3.44. The van der Waals surface area contributed by atoms with E-state index in [0.29, 0.717) is 5.02 Å². The number of aryl methyl sites for hydroxylation is 1. The van der Waals surface area contributed by atoms with Crippen LogP contribution in [0.2, 0.25) is 5.02 Å². The fourth-order valence-corrected chi connectivity index (χ4v) is 2.52. The molecule has 0 unspecified atom stereocenters. The summed E-state index contributed by atoms with van der Waals surface area (Å²) in [4.78, 5) is 0.233. The molecule has 0 fully saturated rings. The van der Waals surface area contributed by atoms with Crippen molar-refractivity contribution in [2.45, 2.75) is 18.7 Å². The Morgan fingerprint density at radius 1 is 1.38 bits per heavy atom. The van der Waals surface area contributed by atoms with E-state index < -0.39 is 9.84 Å². The molecule has 0 aliphatic rings. The van der Waals surface area contributed by atoms with Crippen LogP contribution in [0.15, 0.2) is 23.1 Å². The highest BCUT2D eigenvalue weighted by atomic mass is 35.5. The zero-order valence-corrected chi connectivity index (χ0v) is 9.11. The molecule has 13 heavy (non-hydrogen) atoms. The van der Waals surface area contributed by atoms with Gasteiger partial charge in [0.15, 0.2) is 9.84 Å². The average molecular weight is 219 g/mol. The first kappa shape index (κ1) is 10.5. The Morgan fingerprint density at radius 3 is 2.54 bits per heavy atom. The summed E-state index contributed by atoms with van der Waals surface area (Å²) in [5.41, 5.74) is 0.899. The molecule has 0 aliphatic carbocycles. The molecule has 4 heteroatoms. The first-order valence-corrected chi connectivity index (χ1v) is 5.99. The predicted octanol–water partition coefficient (Wildman–Crippen LogP) is 2.44. The molecule has 0 N–H and O–H groups in total. The Kier molecular flexibility index (Phi) is 2.98. The fourth-order valence-electron chi connectivity index (χ4n) is 1.00. The van der Waals surface area contributed by atoms with Gasteiger partial charge in [0.05, 0.1) is 15.7 Å². The summed E-state index contributed by atoms with van der Waals surface area (Å²) in [5.74, 6) is 0.0795. The predicted molar refractivity (Wildman–Crippen MR) is 53.9 cm³/mol. The van der Waals surface area contributed by atoms with Gasteiger partial charge in [0, 0.05) is 0 Å². The number of halogens is 1. The second-order valence-electron chi connectivity index (χ2n) is 2.84. The topological polar surface area (TPSA) is 34.1 Å². The van der Waals surface area contributed by atoms with Gasteiger partial charge in [-0.15, -0.1) is 0 Å². The Morgan fingerprint density at radius 2 is 2.00 bits per heavy atom. The third kappa shape index (κ3) is 2.23. The normalized spacial score (nSPS) is 11.6. The molecule has 0 amide bonds. The summed E-state index contributed by atoms with van der Waals surface area (Å²) in [6, 6.07) is 5.00. The molecule has 2 nitrogen and oxygen atoms in total. The van der Waals surface area contributed by atoms with Crippen molar-refractivity contribution < 1.29 is 8.42 Å². The zero-order valence-electron chi connectivity index (χ0n) is 7.54. The van der Waals surface area contributed by atoms with E-state index >= 15 is 0 Å². The monoisotopic (exact) mass is 218 g/mol. The van der Waals surface area contributed by atoms with E-state index in [4.69, 9.17) is 11.6 Å². The Balaban J connectivity index is 3.38. The fraction of sp³-hybridized carbons (Fsp3) is 0.333. The number of hydrogen-bond donors (Lipinski definition) is 0. The summed E-state index contributed by atoms with van der Waals surface area (Å²) < 4.78 is 23.0. The number of sulfone groups is 1. The van der Waals surface area contributed by atoms with Crippen molar-refractivity contribution in [2.75, 3.05) is 5.75 Å². The maximum atomic E-state index is 11.5. The Bertz CT molecular complexity index is 410. The molecule has 1 aromatic carbocycles. The molecule has 0 atom stereocenters. The second kappa shape index (κ2) is 3.68. The minimum absolute atomic E-state index is 0.0795. The van der Waals surface area contributed by atoms with Crippen LogP contribution in [0.3, 0.4) is 0 Å². The summed E-state index contributed by atoms with van der Waals surface area (Å²) in [7, 11) is -3.18. The molecule has 0 aromatic heterocycles. The van der Waals surface area contributed by atoms with E-state index in [-0.39, 0.29) is 10.6 Å². The van der Waals surface area contributed by atoms with Crippen LogP contribution >= 0.6 is 11.6 Å². The zero-order chi connectivity index (χ0) is 10.1. The maximum Gasteiger partial charge on any atom is 0.179 e. The van der Waals surface area contributed by atoms with Crippen molar-refractivity contribution in [3.63, 3.8) is 0 Å². The van der Waals surface area contributed by atoms with Crippen LogP contribution in [0, 0.1) is 6.92 Å². The van der Waals surface area contributed by atoms with Crippen LogP contribution in [-0.2, 0) is 9.84 Å². The van der Waals surface area contributed by atoms with Crippen LogP contribution < -0.4 is 0 Å². The molecular weight excluding hydrogens is 208 g/mol. The Labute approximate surface area is 83.5 Å². The molecule has 0 saturated heterocycles. The quantitative estimate of drug-likeness (QED) is 0.764. The van der Waals surface area contributed by atoms with Crippen molar-refractivity contribution in [2.24, 2.45) is 0 Å². The van der Waals surface area contributed by atoms with Crippen molar-refractivity contribution in [1.82, 2.24) is 0 Å². The highest BCUT2D eigenvalue weighted by Crippen LogP contribution is 2.23. The van der Waals surface area contributed by atoms with Gasteiger partial charge >= 0.3 is 0 Å². The number of benzene rings is 1. The van der Waals surface area contributed by atoms with Gasteiger partial charge in [-0.25, -0.2) is 8.42 Å². The van der Waals surface area contributed by atoms with Crippen LogP contribution in [0.4, 0.5) is 0 Å². The lowest BCUT2D eigenvalue weighted by molar-refractivity contribution is 0.597. The molecule has 0 radical (unpaired) electrons. The molecular formula is C9H11ClO2S. The van der Waals surface area contributed by atoms with Gasteiger partial charge in [0.2, 0.25) is 0 Å². The maximum absolute atomic E-state index is 11.5.